The molecule has 4 aliphatic rings. The van der Waals surface area contributed by atoms with E-state index in [1.165, 1.54) is 0 Å². The maximum absolute atomic E-state index is 12.8. The van der Waals surface area contributed by atoms with Crippen LogP contribution in [0.25, 0.3) is 0 Å². The Morgan fingerprint density at radius 3 is 2.37 bits per heavy atom. The molecule has 3 atom stereocenters. The van der Waals surface area contributed by atoms with Crippen LogP contribution in [0.2, 0.25) is 0 Å². The first kappa shape index (κ1) is 20.6. The maximum Gasteiger partial charge on any atom is 0.312 e. The Hall–Kier alpha value is -1.15. The van der Waals surface area contributed by atoms with Gasteiger partial charge in [0.05, 0.1) is 5.41 Å². The normalized spacial score (nSPS) is 35.7. The van der Waals surface area contributed by atoms with E-state index < -0.39 is 32.9 Å². The highest BCUT2D eigenvalue weighted by Gasteiger charge is 2.63. The third-order valence-corrected chi connectivity index (χ3v) is 7.24. The standard InChI is InChI=1S/C19H30O7S/c1-3-13(2)6-16(20)26-19-10-14-7-15(11-19)9-18(8-14,12-19)17(21)25-4-5-27(22,23)24/h13-15H,3-12H2,1-2H3,(H,22,23,24). The molecule has 0 heterocycles. The maximum atomic E-state index is 12.8. The predicted molar refractivity (Wildman–Crippen MR) is 97.4 cm³/mol. The highest BCUT2D eigenvalue weighted by molar-refractivity contribution is 7.85. The minimum absolute atomic E-state index is 0.193. The second kappa shape index (κ2) is 7.35. The van der Waals surface area contributed by atoms with Crippen LogP contribution < -0.4 is 0 Å². The summed E-state index contributed by atoms with van der Waals surface area (Å²) in [6.45, 7) is 3.71. The van der Waals surface area contributed by atoms with Gasteiger partial charge >= 0.3 is 11.9 Å². The van der Waals surface area contributed by atoms with Gasteiger partial charge in [-0.15, -0.1) is 0 Å². The van der Waals surface area contributed by atoms with Crippen LogP contribution in [0.5, 0.6) is 0 Å². The average molecular weight is 403 g/mol. The van der Waals surface area contributed by atoms with E-state index in [1.54, 1.807) is 0 Å². The van der Waals surface area contributed by atoms with Crippen LogP contribution in [0, 0.1) is 23.2 Å². The van der Waals surface area contributed by atoms with Gasteiger partial charge in [0.1, 0.15) is 18.0 Å². The number of hydrogen-bond donors (Lipinski definition) is 1. The Balaban J connectivity index is 1.69. The van der Waals surface area contributed by atoms with Crippen molar-refractivity contribution in [2.75, 3.05) is 12.4 Å². The second-order valence-electron chi connectivity index (χ2n) is 9.04. The lowest BCUT2D eigenvalue weighted by Gasteiger charge is -2.59. The number of rotatable bonds is 8. The summed E-state index contributed by atoms with van der Waals surface area (Å²) in [5.74, 6) is -0.278. The van der Waals surface area contributed by atoms with Crippen LogP contribution in [0.3, 0.4) is 0 Å². The monoisotopic (exact) mass is 402 g/mol. The number of ether oxygens (including phenoxy) is 2. The fourth-order valence-electron chi connectivity index (χ4n) is 5.64. The molecule has 1 N–H and O–H groups in total. The van der Waals surface area contributed by atoms with E-state index in [0.717, 1.165) is 25.7 Å². The van der Waals surface area contributed by atoms with Crippen LogP contribution in [-0.4, -0.2) is 42.9 Å². The van der Waals surface area contributed by atoms with E-state index in [1.807, 2.05) is 13.8 Å². The molecule has 27 heavy (non-hydrogen) atoms. The first-order valence-corrected chi connectivity index (χ1v) is 11.5. The van der Waals surface area contributed by atoms with Crippen molar-refractivity contribution in [1.82, 2.24) is 0 Å². The van der Waals surface area contributed by atoms with E-state index in [9.17, 15) is 18.0 Å². The summed E-state index contributed by atoms with van der Waals surface area (Å²) >= 11 is 0. The quantitative estimate of drug-likeness (QED) is 0.491. The molecule has 4 fully saturated rings. The van der Waals surface area contributed by atoms with Crippen molar-refractivity contribution < 1.29 is 32.0 Å². The zero-order valence-corrected chi connectivity index (χ0v) is 16.9. The molecule has 8 heteroatoms. The SMILES string of the molecule is CCC(C)CC(=O)OC12CC3CC(C1)CC(C(=O)OCCS(=O)(=O)O)(C3)C2. The minimum Gasteiger partial charge on any atom is -0.464 e. The lowest BCUT2D eigenvalue weighted by atomic mass is 9.48. The molecule has 4 aliphatic carbocycles. The second-order valence-corrected chi connectivity index (χ2v) is 10.6. The summed E-state index contributed by atoms with van der Waals surface area (Å²) in [6, 6.07) is 0. The van der Waals surface area contributed by atoms with Crippen molar-refractivity contribution in [2.45, 2.75) is 70.8 Å². The molecule has 4 rings (SSSR count). The van der Waals surface area contributed by atoms with Gasteiger partial charge in [-0.2, -0.15) is 8.42 Å². The molecule has 0 radical (unpaired) electrons. The fourth-order valence-corrected chi connectivity index (χ4v) is 5.94. The molecule has 4 saturated carbocycles. The van der Waals surface area contributed by atoms with Crippen molar-refractivity contribution in [3.63, 3.8) is 0 Å². The number of carbonyl (C=O) groups excluding carboxylic acids is 2. The predicted octanol–water partition coefficient (Wildman–Crippen LogP) is 2.74. The Morgan fingerprint density at radius 1 is 1.19 bits per heavy atom. The molecule has 3 unspecified atom stereocenters. The molecule has 154 valence electrons. The largest absolute Gasteiger partial charge is 0.464 e. The first-order chi connectivity index (χ1) is 12.5. The lowest BCUT2D eigenvalue weighted by Crippen LogP contribution is -2.60. The van der Waals surface area contributed by atoms with Crippen LogP contribution in [0.15, 0.2) is 0 Å². The average Bonchev–Trinajstić information content (AvgIpc) is 2.51. The van der Waals surface area contributed by atoms with Crippen LogP contribution in [0.4, 0.5) is 0 Å². The van der Waals surface area contributed by atoms with Gasteiger partial charge in [0.25, 0.3) is 10.1 Å². The fraction of sp³-hybridized carbons (Fsp3) is 0.895. The van der Waals surface area contributed by atoms with Gasteiger partial charge in [-0.1, -0.05) is 20.3 Å². The Bertz CT molecular complexity index is 685. The molecule has 7 nitrogen and oxygen atoms in total. The van der Waals surface area contributed by atoms with Crippen molar-refractivity contribution in [1.29, 1.82) is 0 Å². The molecule has 0 aromatic heterocycles. The highest BCUT2D eigenvalue weighted by Crippen LogP contribution is 2.63. The van der Waals surface area contributed by atoms with Gasteiger partial charge in [0, 0.05) is 12.8 Å². The molecule has 0 aromatic carbocycles. The van der Waals surface area contributed by atoms with Crippen molar-refractivity contribution in [2.24, 2.45) is 23.2 Å². The Morgan fingerprint density at radius 2 is 1.81 bits per heavy atom. The van der Waals surface area contributed by atoms with Crippen molar-refractivity contribution in [3.8, 4) is 0 Å². The summed E-state index contributed by atoms with van der Waals surface area (Å²) < 4.78 is 41.7. The van der Waals surface area contributed by atoms with E-state index in [2.05, 4.69) is 0 Å². The van der Waals surface area contributed by atoms with E-state index in [4.69, 9.17) is 14.0 Å². The van der Waals surface area contributed by atoms with E-state index >= 15 is 0 Å². The molecule has 4 bridgehead atoms. The third-order valence-electron chi connectivity index (χ3n) is 6.56. The molecule has 0 aliphatic heterocycles. The smallest absolute Gasteiger partial charge is 0.312 e. The van der Waals surface area contributed by atoms with Gasteiger partial charge in [-0.25, -0.2) is 0 Å². The summed E-state index contributed by atoms with van der Waals surface area (Å²) in [5.41, 5.74) is -1.28. The zero-order valence-electron chi connectivity index (χ0n) is 16.1. The third kappa shape index (κ3) is 4.65. The number of carbonyl (C=O) groups is 2. The first-order valence-electron chi connectivity index (χ1n) is 9.89. The molecular weight excluding hydrogens is 372 g/mol. The van der Waals surface area contributed by atoms with Crippen LogP contribution >= 0.6 is 0 Å². The topological polar surface area (TPSA) is 107 Å². The Labute approximate surface area is 160 Å². The van der Waals surface area contributed by atoms with Crippen LogP contribution in [0.1, 0.15) is 65.2 Å². The summed E-state index contributed by atoms with van der Waals surface area (Å²) in [5, 5.41) is 0. The molecular formula is C19H30O7S. The minimum atomic E-state index is -4.16. The van der Waals surface area contributed by atoms with Gasteiger partial charge in [-0.3, -0.25) is 14.1 Å². The molecule has 0 amide bonds. The zero-order chi connectivity index (χ0) is 19.9. The van der Waals surface area contributed by atoms with Crippen molar-refractivity contribution >= 4 is 22.1 Å². The van der Waals surface area contributed by atoms with Gasteiger partial charge in [0.2, 0.25) is 0 Å². The van der Waals surface area contributed by atoms with Crippen LogP contribution in [-0.2, 0) is 29.2 Å². The van der Waals surface area contributed by atoms with Gasteiger partial charge < -0.3 is 9.47 Å². The Kier molecular flexibility index (Phi) is 5.60. The molecule has 0 aromatic rings. The summed E-state index contributed by atoms with van der Waals surface area (Å²) in [7, 11) is -4.16. The molecule has 0 spiro atoms. The lowest BCUT2D eigenvalue weighted by molar-refractivity contribution is -0.213. The summed E-state index contributed by atoms with van der Waals surface area (Å²) in [6.07, 6.45) is 5.83. The number of hydrogen-bond acceptors (Lipinski definition) is 6. The van der Waals surface area contributed by atoms with E-state index in [-0.39, 0.29) is 18.5 Å². The highest BCUT2D eigenvalue weighted by atomic mass is 32.2. The van der Waals surface area contributed by atoms with E-state index in [0.29, 0.717) is 37.5 Å². The molecule has 0 saturated heterocycles. The van der Waals surface area contributed by atoms with Gasteiger partial charge in [0.15, 0.2) is 0 Å². The van der Waals surface area contributed by atoms with Crippen molar-refractivity contribution in [3.05, 3.63) is 0 Å². The summed E-state index contributed by atoms with van der Waals surface area (Å²) in [4.78, 5) is 25.2. The number of esters is 2. The van der Waals surface area contributed by atoms with Gasteiger partial charge in [-0.05, 0) is 49.9 Å².